The van der Waals surface area contributed by atoms with Gasteiger partial charge in [-0.15, -0.1) is 0 Å². The Kier molecular flexibility index (Phi) is 4.12. The fourth-order valence-electron chi connectivity index (χ4n) is 1.01. The molecule has 0 saturated heterocycles. The molecule has 1 aromatic carbocycles. The number of allylic oxidation sites excluding steroid dienone is 2. The Labute approximate surface area is 90.3 Å². The van der Waals surface area contributed by atoms with E-state index in [1.807, 2.05) is 6.92 Å². The Morgan fingerprint density at radius 3 is 2.27 bits per heavy atom. The normalized spacial score (nSPS) is 13.3. The van der Waals surface area contributed by atoms with Gasteiger partial charge in [0, 0.05) is 4.90 Å². The van der Waals surface area contributed by atoms with Crippen LogP contribution in [-0.2, 0) is 20.4 Å². The summed E-state index contributed by atoms with van der Waals surface area (Å²) >= 11 is 0. The van der Waals surface area contributed by atoms with Gasteiger partial charge in [-0.2, -0.15) is 0 Å². The molecule has 78 valence electrons. The minimum atomic E-state index is -1.57. The Hall–Kier alpha value is -1.55. The van der Waals surface area contributed by atoms with E-state index in [4.69, 9.17) is 0 Å². The maximum absolute atomic E-state index is 11.7. The average Bonchev–Trinajstić information content (AvgIpc) is 2.26. The number of aryl methyl sites for hydroxylation is 1. The van der Waals surface area contributed by atoms with Gasteiger partial charge >= 0.3 is 0 Å². The van der Waals surface area contributed by atoms with Gasteiger partial charge in [0.25, 0.3) is 0 Å². The first-order valence-electron chi connectivity index (χ1n) is 4.28. The van der Waals surface area contributed by atoms with Crippen LogP contribution in [0.4, 0.5) is 0 Å². The predicted octanol–water partition coefficient (Wildman–Crippen LogP) is 1.38. The van der Waals surface area contributed by atoms with Crippen LogP contribution in [0.1, 0.15) is 5.56 Å². The third-order valence-corrected chi connectivity index (χ3v) is 3.16. The second kappa shape index (κ2) is 5.36. The molecule has 1 atom stereocenters. The summed E-state index contributed by atoms with van der Waals surface area (Å²) in [6.45, 7) is 1.91. The van der Waals surface area contributed by atoms with Crippen molar-refractivity contribution in [3.63, 3.8) is 0 Å². The van der Waals surface area contributed by atoms with Gasteiger partial charge in [0.15, 0.2) is 6.29 Å². The second-order valence-electron chi connectivity index (χ2n) is 2.90. The van der Waals surface area contributed by atoms with E-state index in [0.29, 0.717) is 17.5 Å². The molecular formula is C11H10O3S. The highest BCUT2D eigenvalue weighted by molar-refractivity contribution is 7.90. The summed E-state index contributed by atoms with van der Waals surface area (Å²) in [6, 6.07) is 6.95. The number of benzene rings is 1. The van der Waals surface area contributed by atoms with Gasteiger partial charge in [0.1, 0.15) is 6.29 Å². The third kappa shape index (κ3) is 2.95. The van der Waals surface area contributed by atoms with Gasteiger partial charge in [-0.1, -0.05) is 17.7 Å². The molecule has 1 aromatic rings. The van der Waals surface area contributed by atoms with E-state index in [2.05, 4.69) is 0 Å². The van der Waals surface area contributed by atoms with E-state index in [9.17, 15) is 13.8 Å². The lowest BCUT2D eigenvalue weighted by Crippen LogP contribution is -1.98. The molecule has 0 bridgehead atoms. The maximum atomic E-state index is 11.7. The van der Waals surface area contributed by atoms with Gasteiger partial charge in [-0.3, -0.25) is 9.59 Å². The molecule has 0 spiro atoms. The molecule has 0 aliphatic rings. The lowest BCUT2D eigenvalue weighted by molar-refractivity contribution is -0.106. The zero-order valence-electron chi connectivity index (χ0n) is 8.17. The number of carbonyl (C=O) groups is 2. The minimum absolute atomic E-state index is 0.0196. The van der Waals surface area contributed by atoms with E-state index >= 15 is 0 Å². The van der Waals surface area contributed by atoms with Gasteiger partial charge in [0.05, 0.1) is 15.7 Å². The van der Waals surface area contributed by atoms with Crippen molar-refractivity contribution in [3.8, 4) is 0 Å². The van der Waals surface area contributed by atoms with Crippen molar-refractivity contribution in [2.24, 2.45) is 0 Å². The molecule has 4 heteroatoms. The molecule has 0 N–H and O–H groups in total. The van der Waals surface area contributed by atoms with Crippen LogP contribution in [0.3, 0.4) is 0 Å². The van der Waals surface area contributed by atoms with Crippen molar-refractivity contribution in [2.45, 2.75) is 11.8 Å². The van der Waals surface area contributed by atoms with Gasteiger partial charge in [-0.05, 0) is 25.1 Å². The largest absolute Gasteiger partial charge is 0.299 e. The highest BCUT2D eigenvalue weighted by Crippen LogP contribution is 2.13. The number of aldehydes is 2. The van der Waals surface area contributed by atoms with Crippen molar-refractivity contribution in [2.75, 3.05) is 0 Å². The second-order valence-corrected chi connectivity index (χ2v) is 4.39. The molecule has 3 nitrogen and oxygen atoms in total. The van der Waals surface area contributed by atoms with Crippen LogP contribution in [-0.4, -0.2) is 16.8 Å². The summed E-state index contributed by atoms with van der Waals surface area (Å²) in [6.07, 6.45) is 1.91. The van der Waals surface area contributed by atoms with Gasteiger partial charge < -0.3 is 0 Å². The summed E-state index contributed by atoms with van der Waals surface area (Å²) in [7, 11) is -1.57. The highest BCUT2D eigenvalue weighted by Gasteiger charge is 2.08. The van der Waals surface area contributed by atoms with E-state index in [1.54, 1.807) is 24.3 Å². The van der Waals surface area contributed by atoms with Crippen LogP contribution in [0, 0.1) is 6.92 Å². The van der Waals surface area contributed by atoms with Crippen molar-refractivity contribution in [1.82, 2.24) is 0 Å². The van der Waals surface area contributed by atoms with Crippen molar-refractivity contribution < 1.29 is 13.8 Å². The summed E-state index contributed by atoms with van der Waals surface area (Å²) in [5, 5.41) is 0. The molecule has 1 unspecified atom stereocenters. The molecule has 0 amide bonds. The number of hydrogen-bond acceptors (Lipinski definition) is 3. The number of hydrogen-bond donors (Lipinski definition) is 0. The van der Waals surface area contributed by atoms with Crippen LogP contribution >= 0.6 is 0 Å². The van der Waals surface area contributed by atoms with Crippen LogP contribution < -0.4 is 0 Å². The van der Waals surface area contributed by atoms with E-state index < -0.39 is 10.8 Å². The summed E-state index contributed by atoms with van der Waals surface area (Å²) in [4.78, 5) is 21.2. The molecular weight excluding hydrogens is 212 g/mol. The summed E-state index contributed by atoms with van der Waals surface area (Å²) in [5.41, 5.74) is 1.04. The fraction of sp³-hybridized carbons (Fsp3) is 0.0909. The zero-order chi connectivity index (χ0) is 11.3. The van der Waals surface area contributed by atoms with E-state index in [1.165, 1.54) is 0 Å². The molecule has 0 saturated carbocycles. The quantitative estimate of drug-likeness (QED) is 0.571. The number of carbonyl (C=O) groups excluding carboxylic acids is 2. The minimum Gasteiger partial charge on any atom is -0.299 e. The Morgan fingerprint density at radius 1 is 1.20 bits per heavy atom. The van der Waals surface area contributed by atoms with E-state index in [0.717, 1.165) is 11.6 Å². The van der Waals surface area contributed by atoms with Crippen molar-refractivity contribution in [1.29, 1.82) is 0 Å². The maximum Gasteiger partial charge on any atom is 0.159 e. The molecule has 0 radical (unpaired) electrons. The Balaban J connectivity index is 3.03. The molecule has 0 aromatic heterocycles. The first-order chi connectivity index (χ1) is 7.19. The first kappa shape index (κ1) is 11.5. The molecule has 0 heterocycles. The van der Waals surface area contributed by atoms with Crippen LogP contribution in [0.5, 0.6) is 0 Å². The predicted molar refractivity (Wildman–Crippen MR) is 57.8 cm³/mol. The monoisotopic (exact) mass is 222 g/mol. The van der Waals surface area contributed by atoms with Crippen LogP contribution in [0.2, 0.25) is 0 Å². The molecule has 0 aliphatic heterocycles. The van der Waals surface area contributed by atoms with Gasteiger partial charge in [-0.25, -0.2) is 4.21 Å². The standard InChI is InChI=1S/C11H10O3S/c1-9-2-4-10(5-3-9)15(14)11(8-13)6-7-12/h2-8H,1H3/b11-6+. The Morgan fingerprint density at radius 2 is 1.80 bits per heavy atom. The summed E-state index contributed by atoms with van der Waals surface area (Å²) < 4.78 is 11.7. The van der Waals surface area contributed by atoms with Crippen molar-refractivity contribution >= 4 is 23.4 Å². The topological polar surface area (TPSA) is 51.2 Å². The highest BCUT2D eigenvalue weighted by atomic mass is 32.2. The summed E-state index contributed by atoms with van der Waals surface area (Å²) in [5.74, 6) is 0. The lowest BCUT2D eigenvalue weighted by atomic mass is 10.2. The van der Waals surface area contributed by atoms with Gasteiger partial charge in [0.2, 0.25) is 0 Å². The SMILES string of the molecule is Cc1ccc(S(=O)/C(C=O)=C/C=O)cc1. The number of rotatable bonds is 4. The van der Waals surface area contributed by atoms with E-state index in [-0.39, 0.29) is 4.91 Å². The van der Waals surface area contributed by atoms with Crippen molar-refractivity contribution in [3.05, 3.63) is 40.8 Å². The molecule has 0 aliphatic carbocycles. The molecule has 0 fully saturated rings. The van der Waals surface area contributed by atoms with Crippen LogP contribution in [0.25, 0.3) is 0 Å². The first-order valence-corrected chi connectivity index (χ1v) is 5.43. The molecule has 15 heavy (non-hydrogen) atoms. The smallest absolute Gasteiger partial charge is 0.159 e. The Bertz CT molecular complexity index is 418. The fourth-order valence-corrected chi connectivity index (χ4v) is 1.93. The molecule has 1 rings (SSSR count). The zero-order valence-corrected chi connectivity index (χ0v) is 8.99. The average molecular weight is 222 g/mol. The lowest BCUT2D eigenvalue weighted by Gasteiger charge is -2.00. The van der Waals surface area contributed by atoms with Crippen LogP contribution in [0.15, 0.2) is 40.1 Å². The third-order valence-electron chi connectivity index (χ3n) is 1.80.